The summed E-state index contributed by atoms with van der Waals surface area (Å²) in [7, 11) is 0. The van der Waals surface area contributed by atoms with E-state index in [9.17, 15) is 14.3 Å². The van der Waals surface area contributed by atoms with Gasteiger partial charge in [0.15, 0.2) is 6.10 Å². The van der Waals surface area contributed by atoms with Crippen molar-refractivity contribution in [1.29, 1.82) is 0 Å². The van der Waals surface area contributed by atoms with Crippen molar-refractivity contribution in [3.8, 4) is 16.9 Å². The van der Waals surface area contributed by atoms with Crippen molar-refractivity contribution in [3.05, 3.63) is 76.9 Å². The molecular formula is C38H50FN3O5. The molecule has 5 rings (SSSR count). The fourth-order valence-corrected chi connectivity index (χ4v) is 6.37. The summed E-state index contributed by atoms with van der Waals surface area (Å²) in [6.07, 6.45) is 1.46. The second kappa shape index (κ2) is 14.7. The average molecular weight is 648 g/mol. The first-order valence-electron chi connectivity index (χ1n) is 16.8. The minimum absolute atomic E-state index is 0.205. The van der Waals surface area contributed by atoms with E-state index in [1.807, 2.05) is 52.0 Å². The second-order valence-corrected chi connectivity index (χ2v) is 14.5. The summed E-state index contributed by atoms with van der Waals surface area (Å²) in [5.74, 6) is -0.550. The summed E-state index contributed by atoms with van der Waals surface area (Å²) in [4.78, 5) is 22.8. The molecule has 1 aromatic heterocycles. The lowest BCUT2D eigenvalue weighted by Crippen LogP contribution is -2.40. The van der Waals surface area contributed by atoms with Crippen molar-refractivity contribution in [2.45, 2.75) is 79.1 Å². The number of aliphatic carboxylic acids is 1. The Hall–Kier alpha value is -3.53. The number of morpholine rings is 1. The van der Waals surface area contributed by atoms with E-state index in [1.165, 1.54) is 12.1 Å². The maximum absolute atomic E-state index is 13.3. The molecule has 0 amide bonds. The normalized spacial score (nSPS) is 17.8. The molecule has 0 bridgehead atoms. The number of hydrogen-bond donors (Lipinski definition) is 1. The number of rotatable bonds is 11. The highest BCUT2D eigenvalue weighted by molar-refractivity contribution is 5.88. The maximum atomic E-state index is 13.3. The molecule has 0 spiro atoms. The number of nitrogens with zero attached hydrogens (tertiary/aromatic N) is 3. The third-order valence-corrected chi connectivity index (χ3v) is 9.06. The van der Waals surface area contributed by atoms with E-state index in [2.05, 4.69) is 23.6 Å². The number of benzene rings is 2. The van der Waals surface area contributed by atoms with Crippen LogP contribution >= 0.6 is 0 Å². The van der Waals surface area contributed by atoms with E-state index < -0.39 is 17.7 Å². The van der Waals surface area contributed by atoms with Crippen LogP contribution in [0.1, 0.15) is 76.1 Å². The summed E-state index contributed by atoms with van der Waals surface area (Å²) >= 11 is 0. The smallest absolute Gasteiger partial charge is 0.337 e. The zero-order valence-electron chi connectivity index (χ0n) is 28.8. The van der Waals surface area contributed by atoms with Gasteiger partial charge in [-0.25, -0.2) is 9.18 Å². The summed E-state index contributed by atoms with van der Waals surface area (Å²) in [5, 5.41) is 10.6. The molecule has 0 radical (unpaired) electrons. The molecule has 3 aromatic rings. The van der Waals surface area contributed by atoms with Gasteiger partial charge in [-0.15, -0.1) is 0 Å². The third kappa shape index (κ3) is 9.09. The Morgan fingerprint density at radius 2 is 1.66 bits per heavy atom. The summed E-state index contributed by atoms with van der Waals surface area (Å²) in [6.45, 7) is 17.8. The molecule has 254 valence electrons. The lowest BCUT2D eigenvalue weighted by Gasteiger charge is -2.41. The van der Waals surface area contributed by atoms with Crippen LogP contribution in [0.25, 0.3) is 11.1 Å². The molecule has 2 aliphatic heterocycles. The van der Waals surface area contributed by atoms with Crippen LogP contribution in [0.15, 0.2) is 48.5 Å². The number of anilines is 1. The lowest BCUT2D eigenvalue weighted by atomic mass is 9.81. The second-order valence-electron chi connectivity index (χ2n) is 14.5. The third-order valence-electron chi connectivity index (χ3n) is 9.06. The fraction of sp³-hybridized carbons (Fsp3) is 0.526. The van der Waals surface area contributed by atoms with Crippen LogP contribution < -0.4 is 9.64 Å². The molecule has 3 heterocycles. The Bertz CT molecular complexity index is 1500. The van der Waals surface area contributed by atoms with Gasteiger partial charge in [-0.2, -0.15) is 0 Å². The van der Waals surface area contributed by atoms with Crippen LogP contribution in [-0.4, -0.2) is 72.6 Å². The van der Waals surface area contributed by atoms with Crippen molar-refractivity contribution >= 4 is 11.7 Å². The number of piperidine rings is 1. The van der Waals surface area contributed by atoms with Crippen LogP contribution in [0.4, 0.5) is 10.1 Å². The van der Waals surface area contributed by atoms with E-state index in [1.54, 1.807) is 12.1 Å². The predicted octanol–water partition coefficient (Wildman–Crippen LogP) is 7.22. The number of pyridine rings is 1. The minimum atomic E-state index is -1.18. The molecular weight excluding hydrogens is 597 g/mol. The SMILES string of the molecule is Cc1nc(CN2CCOCC2)c(-c2ccc(OCCc3ccc(F)cc3)cc2)c(N2CCC(C)(C)CC2)c1[C@H](OC(C)(C)C)C(=O)O. The van der Waals surface area contributed by atoms with Crippen molar-refractivity contribution in [2.75, 3.05) is 50.9 Å². The number of carboxylic acids is 1. The van der Waals surface area contributed by atoms with Crippen LogP contribution in [0.5, 0.6) is 5.75 Å². The van der Waals surface area contributed by atoms with E-state index in [4.69, 9.17) is 19.2 Å². The monoisotopic (exact) mass is 647 g/mol. The molecule has 1 atom stereocenters. The zero-order chi connectivity index (χ0) is 33.8. The highest BCUT2D eigenvalue weighted by Crippen LogP contribution is 2.45. The van der Waals surface area contributed by atoms with Crippen molar-refractivity contribution in [3.63, 3.8) is 0 Å². The number of ether oxygens (including phenoxy) is 3. The predicted molar refractivity (Wildman–Crippen MR) is 183 cm³/mol. The Morgan fingerprint density at radius 3 is 2.26 bits per heavy atom. The molecule has 2 fully saturated rings. The van der Waals surface area contributed by atoms with Crippen molar-refractivity contribution < 1.29 is 28.5 Å². The number of carboxylic acid groups (broad SMARTS) is 1. The van der Waals surface area contributed by atoms with E-state index in [-0.39, 0.29) is 11.2 Å². The highest BCUT2D eigenvalue weighted by Gasteiger charge is 2.37. The standard InChI is InChI=1S/C38H50FN3O5/c1-26-32(35(36(43)44)47-37(2,3)4)34(42-18-16-38(5,6)17-19-42)33(31(40-26)25-41-20-23-45-24-21-41)28-9-13-30(14-10-28)46-22-15-27-7-11-29(39)12-8-27/h7-14,35H,15-25H2,1-6H3,(H,43,44)/t35-/m0/s1. The number of hydrogen-bond acceptors (Lipinski definition) is 7. The van der Waals surface area contributed by atoms with Gasteiger partial charge < -0.3 is 24.2 Å². The van der Waals surface area contributed by atoms with Crippen LogP contribution in [-0.2, 0) is 27.2 Å². The quantitative estimate of drug-likeness (QED) is 0.234. The Kier molecular flexibility index (Phi) is 10.9. The number of aromatic nitrogens is 1. The summed E-state index contributed by atoms with van der Waals surface area (Å²) in [6, 6.07) is 14.5. The Balaban J connectivity index is 1.58. The summed E-state index contributed by atoms with van der Waals surface area (Å²) < 4.78 is 31.3. The topological polar surface area (TPSA) is 84.4 Å². The molecule has 9 heteroatoms. The average Bonchev–Trinajstić information content (AvgIpc) is 3.01. The van der Waals surface area contributed by atoms with Gasteiger partial charge in [-0.3, -0.25) is 9.88 Å². The van der Waals surface area contributed by atoms with Crippen molar-refractivity contribution in [2.24, 2.45) is 5.41 Å². The molecule has 0 aliphatic carbocycles. The maximum Gasteiger partial charge on any atom is 0.337 e. The van der Waals surface area contributed by atoms with E-state index in [0.717, 1.165) is 72.8 Å². The first-order chi connectivity index (χ1) is 22.3. The molecule has 8 nitrogen and oxygen atoms in total. The van der Waals surface area contributed by atoms with Crippen molar-refractivity contribution in [1.82, 2.24) is 9.88 Å². The summed E-state index contributed by atoms with van der Waals surface area (Å²) in [5.41, 5.74) is 5.53. The van der Waals surface area contributed by atoms with Gasteiger partial charge in [0.05, 0.1) is 36.8 Å². The van der Waals surface area contributed by atoms with Crippen LogP contribution in [0.2, 0.25) is 0 Å². The molecule has 0 saturated carbocycles. The first-order valence-corrected chi connectivity index (χ1v) is 16.8. The van der Waals surface area contributed by atoms with Gasteiger partial charge in [0.25, 0.3) is 0 Å². The number of halogens is 1. The molecule has 0 unspecified atom stereocenters. The van der Waals surface area contributed by atoms with Gasteiger partial charge >= 0.3 is 5.97 Å². The number of aryl methyl sites for hydroxylation is 1. The largest absolute Gasteiger partial charge is 0.493 e. The van der Waals surface area contributed by atoms with Gasteiger partial charge in [0.1, 0.15) is 11.6 Å². The van der Waals surface area contributed by atoms with Gasteiger partial charge in [-0.1, -0.05) is 38.1 Å². The van der Waals surface area contributed by atoms with Crippen LogP contribution in [0, 0.1) is 18.2 Å². The van der Waals surface area contributed by atoms with Gasteiger partial charge in [0, 0.05) is 56.0 Å². The first kappa shape index (κ1) is 34.8. The molecule has 2 saturated heterocycles. The van der Waals surface area contributed by atoms with Gasteiger partial charge in [-0.05, 0) is 81.3 Å². The lowest BCUT2D eigenvalue weighted by molar-refractivity contribution is -0.160. The molecule has 2 aromatic carbocycles. The van der Waals surface area contributed by atoms with E-state index in [0.29, 0.717) is 44.0 Å². The van der Waals surface area contributed by atoms with E-state index >= 15 is 0 Å². The molecule has 1 N–H and O–H groups in total. The highest BCUT2D eigenvalue weighted by atomic mass is 19.1. The Labute approximate surface area is 278 Å². The van der Waals surface area contributed by atoms with Crippen LogP contribution in [0.3, 0.4) is 0 Å². The molecule has 2 aliphatic rings. The molecule has 47 heavy (non-hydrogen) atoms. The number of carbonyl (C=O) groups is 1. The minimum Gasteiger partial charge on any atom is -0.493 e. The Morgan fingerprint density at radius 1 is 1.02 bits per heavy atom. The fourth-order valence-electron chi connectivity index (χ4n) is 6.37. The zero-order valence-corrected chi connectivity index (χ0v) is 28.8. The van der Waals surface area contributed by atoms with Gasteiger partial charge in [0.2, 0.25) is 0 Å².